The summed E-state index contributed by atoms with van der Waals surface area (Å²) in [5.74, 6) is 1.22. The summed E-state index contributed by atoms with van der Waals surface area (Å²) in [7, 11) is 1.60. The fraction of sp³-hybridized carbons (Fsp3) is 0.500. The van der Waals surface area contributed by atoms with E-state index >= 15 is 0 Å². The Morgan fingerprint density at radius 3 is 2.20 bits per heavy atom. The summed E-state index contributed by atoms with van der Waals surface area (Å²) in [4.78, 5) is 25.3. The number of carbonyl (C=O) groups excluding carboxylic acids is 1. The number of hydrogen-bond acceptors (Lipinski definition) is 6. The summed E-state index contributed by atoms with van der Waals surface area (Å²) in [5.41, 5.74) is 1.14. The van der Waals surface area contributed by atoms with Crippen LogP contribution in [0.2, 0.25) is 0 Å². The van der Waals surface area contributed by atoms with Gasteiger partial charge < -0.3 is 19.3 Å². The number of ether oxygens (including phenoxy) is 2. The Bertz CT molecular complexity index is 764. The predicted octanol–water partition coefficient (Wildman–Crippen LogP) is 2.70. The van der Waals surface area contributed by atoms with E-state index in [0.717, 1.165) is 11.0 Å². The molecule has 0 atom stereocenters. The van der Waals surface area contributed by atoms with E-state index < -0.39 is 5.60 Å². The molecule has 0 radical (unpaired) electrons. The first-order valence-electron chi connectivity index (χ1n) is 8.41. The Hall–Kier alpha value is -2.57. The molecule has 1 saturated heterocycles. The molecule has 0 saturated carbocycles. The van der Waals surface area contributed by atoms with Crippen LogP contribution in [0.25, 0.3) is 11.0 Å². The van der Waals surface area contributed by atoms with Gasteiger partial charge in [-0.3, -0.25) is 0 Å². The molecule has 25 heavy (non-hydrogen) atoms. The number of rotatable bonds is 2. The van der Waals surface area contributed by atoms with Gasteiger partial charge in [0.1, 0.15) is 5.60 Å². The normalized spacial score (nSPS) is 15.4. The molecule has 1 aliphatic heterocycles. The molecule has 1 aromatic heterocycles. The number of benzene rings is 1. The van der Waals surface area contributed by atoms with Crippen LogP contribution < -0.4 is 9.64 Å². The van der Waals surface area contributed by atoms with Crippen LogP contribution in [-0.4, -0.2) is 59.9 Å². The van der Waals surface area contributed by atoms with E-state index in [1.165, 1.54) is 0 Å². The standard InChI is InChI=1S/C18H24N4O3/c1-18(2,3)25-17(23)22-11-9-21(10-12-22)15-16(24-4)20-14-8-6-5-7-13(14)19-15/h5-8H,9-12H2,1-4H3. The molecule has 0 spiro atoms. The third-order valence-electron chi connectivity index (χ3n) is 3.95. The zero-order valence-electron chi connectivity index (χ0n) is 15.2. The van der Waals surface area contributed by atoms with Crippen LogP contribution in [0.3, 0.4) is 0 Å². The van der Waals surface area contributed by atoms with Crippen molar-refractivity contribution in [1.82, 2.24) is 14.9 Å². The molecule has 7 heteroatoms. The van der Waals surface area contributed by atoms with Gasteiger partial charge in [0, 0.05) is 26.2 Å². The van der Waals surface area contributed by atoms with Gasteiger partial charge in [0.25, 0.3) is 5.88 Å². The maximum atomic E-state index is 12.2. The van der Waals surface area contributed by atoms with Gasteiger partial charge in [0.15, 0.2) is 5.82 Å². The van der Waals surface area contributed by atoms with Gasteiger partial charge in [0.05, 0.1) is 18.1 Å². The first kappa shape index (κ1) is 17.3. The SMILES string of the molecule is COc1nc2ccccc2nc1N1CCN(C(=O)OC(C)(C)C)CC1. The monoisotopic (exact) mass is 344 g/mol. The first-order valence-corrected chi connectivity index (χ1v) is 8.41. The highest BCUT2D eigenvalue weighted by Gasteiger charge is 2.27. The number of piperazine rings is 1. The zero-order chi connectivity index (χ0) is 18.0. The molecule has 1 aromatic carbocycles. The van der Waals surface area contributed by atoms with Crippen LogP contribution in [0.1, 0.15) is 20.8 Å². The van der Waals surface area contributed by atoms with Crippen LogP contribution in [0.5, 0.6) is 5.88 Å². The van der Waals surface area contributed by atoms with Crippen molar-refractivity contribution >= 4 is 22.9 Å². The number of fused-ring (bicyclic) bond motifs is 1. The van der Waals surface area contributed by atoms with Crippen molar-refractivity contribution in [3.05, 3.63) is 24.3 Å². The molecule has 1 amide bonds. The van der Waals surface area contributed by atoms with E-state index in [1.54, 1.807) is 12.0 Å². The Kier molecular flexibility index (Phi) is 4.65. The lowest BCUT2D eigenvalue weighted by Crippen LogP contribution is -2.50. The van der Waals surface area contributed by atoms with E-state index in [1.807, 2.05) is 45.0 Å². The number of nitrogens with zero attached hydrogens (tertiary/aromatic N) is 4. The molecule has 1 aliphatic rings. The number of amides is 1. The minimum absolute atomic E-state index is 0.274. The number of carbonyl (C=O) groups is 1. The van der Waals surface area contributed by atoms with Crippen molar-refractivity contribution in [2.75, 3.05) is 38.2 Å². The van der Waals surface area contributed by atoms with Gasteiger partial charge in [0.2, 0.25) is 0 Å². The minimum Gasteiger partial charge on any atom is -0.478 e. The highest BCUT2D eigenvalue weighted by molar-refractivity contribution is 5.77. The lowest BCUT2D eigenvalue weighted by Gasteiger charge is -2.36. The largest absolute Gasteiger partial charge is 0.478 e. The highest BCUT2D eigenvalue weighted by atomic mass is 16.6. The Morgan fingerprint density at radius 1 is 1.04 bits per heavy atom. The van der Waals surface area contributed by atoms with E-state index in [2.05, 4.69) is 9.88 Å². The zero-order valence-corrected chi connectivity index (χ0v) is 15.2. The maximum Gasteiger partial charge on any atom is 0.410 e. The van der Waals surface area contributed by atoms with Crippen LogP contribution >= 0.6 is 0 Å². The van der Waals surface area contributed by atoms with Crippen molar-refractivity contribution in [3.8, 4) is 5.88 Å². The number of aromatic nitrogens is 2. The maximum absolute atomic E-state index is 12.2. The summed E-state index contributed by atoms with van der Waals surface area (Å²) < 4.78 is 10.9. The lowest BCUT2D eigenvalue weighted by molar-refractivity contribution is 0.0240. The highest BCUT2D eigenvalue weighted by Crippen LogP contribution is 2.27. The van der Waals surface area contributed by atoms with Gasteiger partial charge in [-0.1, -0.05) is 12.1 Å². The summed E-state index contributed by atoms with van der Waals surface area (Å²) in [5, 5.41) is 0. The van der Waals surface area contributed by atoms with Crippen LogP contribution in [-0.2, 0) is 4.74 Å². The third-order valence-corrected chi connectivity index (χ3v) is 3.95. The molecular formula is C18H24N4O3. The van der Waals surface area contributed by atoms with Gasteiger partial charge in [-0.05, 0) is 32.9 Å². The summed E-state index contributed by atoms with van der Waals surface area (Å²) >= 11 is 0. The van der Waals surface area contributed by atoms with Crippen LogP contribution in [0, 0.1) is 0 Å². The average molecular weight is 344 g/mol. The average Bonchev–Trinajstić information content (AvgIpc) is 2.59. The number of hydrogen-bond donors (Lipinski definition) is 0. The van der Waals surface area contributed by atoms with Gasteiger partial charge in [-0.25, -0.2) is 14.8 Å². The fourth-order valence-electron chi connectivity index (χ4n) is 2.74. The second-order valence-electron chi connectivity index (χ2n) is 7.00. The molecule has 3 rings (SSSR count). The molecule has 0 aliphatic carbocycles. The molecule has 0 unspecified atom stereocenters. The fourth-order valence-corrected chi connectivity index (χ4v) is 2.74. The summed E-state index contributed by atoms with van der Waals surface area (Å²) in [6.45, 7) is 8.08. The molecule has 0 N–H and O–H groups in total. The molecule has 2 heterocycles. The second-order valence-corrected chi connectivity index (χ2v) is 7.00. The Balaban J connectivity index is 1.74. The van der Waals surface area contributed by atoms with E-state index in [0.29, 0.717) is 37.9 Å². The quantitative estimate of drug-likeness (QED) is 0.834. The molecule has 0 bridgehead atoms. The molecular weight excluding hydrogens is 320 g/mol. The Labute approximate surface area is 147 Å². The minimum atomic E-state index is -0.485. The van der Waals surface area contributed by atoms with Crippen molar-refractivity contribution in [3.63, 3.8) is 0 Å². The lowest BCUT2D eigenvalue weighted by atomic mass is 10.2. The van der Waals surface area contributed by atoms with Crippen LogP contribution in [0.4, 0.5) is 10.6 Å². The molecule has 134 valence electrons. The van der Waals surface area contributed by atoms with Gasteiger partial charge in [-0.2, -0.15) is 0 Å². The smallest absolute Gasteiger partial charge is 0.410 e. The van der Waals surface area contributed by atoms with Crippen molar-refractivity contribution in [2.24, 2.45) is 0 Å². The van der Waals surface area contributed by atoms with E-state index in [9.17, 15) is 4.79 Å². The number of methoxy groups -OCH3 is 1. The molecule has 2 aromatic rings. The van der Waals surface area contributed by atoms with E-state index in [-0.39, 0.29) is 6.09 Å². The van der Waals surface area contributed by atoms with Gasteiger partial charge in [-0.15, -0.1) is 0 Å². The first-order chi connectivity index (χ1) is 11.9. The van der Waals surface area contributed by atoms with Crippen molar-refractivity contribution in [2.45, 2.75) is 26.4 Å². The second kappa shape index (κ2) is 6.74. The number of anilines is 1. The third kappa shape index (κ3) is 3.92. The topological polar surface area (TPSA) is 67.8 Å². The summed E-state index contributed by atoms with van der Waals surface area (Å²) in [6.07, 6.45) is -0.274. The van der Waals surface area contributed by atoms with Crippen molar-refractivity contribution < 1.29 is 14.3 Å². The Morgan fingerprint density at radius 2 is 1.64 bits per heavy atom. The van der Waals surface area contributed by atoms with Crippen LogP contribution in [0.15, 0.2) is 24.3 Å². The predicted molar refractivity (Wildman–Crippen MR) is 96.1 cm³/mol. The summed E-state index contributed by atoms with van der Waals surface area (Å²) in [6, 6.07) is 7.71. The molecule has 7 nitrogen and oxygen atoms in total. The van der Waals surface area contributed by atoms with E-state index in [4.69, 9.17) is 14.5 Å². The van der Waals surface area contributed by atoms with Gasteiger partial charge >= 0.3 is 6.09 Å². The number of para-hydroxylation sites is 2. The van der Waals surface area contributed by atoms with Crippen molar-refractivity contribution in [1.29, 1.82) is 0 Å². The molecule has 1 fully saturated rings.